The van der Waals surface area contributed by atoms with Gasteiger partial charge >= 0.3 is 0 Å². The molecular formula is C8H15N3. The molecule has 3 heteroatoms. The Kier molecular flexibility index (Phi) is 3.11. The van der Waals surface area contributed by atoms with Crippen LogP contribution in [0.1, 0.15) is 19.8 Å². The van der Waals surface area contributed by atoms with Gasteiger partial charge in [-0.05, 0) is 25.8 Å². The van der Waals surface area contributed by atoms with Gasteiger partial charge in [0.1, 0.15) is 0 Å². The van der Waals surface area contributed by atoms with Gasteiger partial charge in [-0.1, -0.05) is 0 Å². The Labute approximate surface area is 67.2 Å². The monoisotopic (exact) mass is 153 g/mol. The first-order valence-electron chi connectivity index (χ1n) is 4.02. The number of rotatable bonds is 4. The van der Waals surface area contributed by atoms with E-state index in [0.717, 1.165) is 19.4 Å². The van der Waals surface area contributed by atoms with Crippen molar-refractivity contribution in [3.63, 3.8) is 0 Å². The Morgan fingerprint density at radius 1 is 1.64 bits per heavy atom. The summed E-state index contributed by atoms with van der Waals surface area (Å²) in [7, 11) is 0. The molecule has 0 aromatic carbocycles. The summed E-state index contributed by atoms with van der Waals surface area (Å²) >= 11 is 0. The van der Waals surface area contributed by atoms with Crippen LogP contribution in [-0.2, 0) is 6.54 Å². The lowest BCUT2D eigenvalue weighted by molar-refractivity contribution is 0.525. The summed E-state index contributed by atoms with van der Waals surface area (Å²) in [6.07, 6.45) is 5.95. The lowest BCUT2D eigenvalue weighted by atomic mass is 10.2. The molecule has 0 fully saturated rings. The van der Waals surface area contributed by atoms with Crippen molar-refractivity contribution in [2.75, 3.05) is 0 Å². The lowest BCUT2D eigenvalue weighted by Gasteiger charge is -2.03. The lowest BCUT2D eigenvalue weighted by Crippen LogP contribution is -2.15. The van der Waals surface area contributed by atoms with Gasteiger partial charge in [-0.2, -0.15) is 5.10 Å². The zero-order valence-corrected chi connectivity index (χ0v) is 6.90. The minimum Gasteiger partial charge on any atom is -0.328 e. The highest BCUT2D eigenvalue weighted by Gasteiger charge is 1.94. The van der Waals surface area contributed by atoms with Crippen molar-refractivity contribution < 1.29 is 0 Å². The molecule has 3 nitrogen and oxygen atoms in total. The molecule has 1 rings (SSSR count). The molecule has 1 aromatic rings. The van der Waals surface area contributed by atoms with E-state index in [-0.39, 0.29) is 0 Å². The number of nitrogens with two attached hydrogens (primary N) is 1. The van der Waals surface area contributed by atoms with Gasteiger partial charge in [-0.3, -0.25) is 4.68 Å². The Morgan fingerprint density at radius 3 is 3.00 bits per heavy atom. The second-order valence-electron chi connectivity index (χ2n) is 2.89. The maximum atomic E-state index is 5.60. The fourth-order valence-electron chi connectivity index (χ4n) is 1.01. The maximum absolute atomic E-state index is 5.60. The molecule has 0 aliphatic carbocycles. The van der Waals surface area contributed by atoms with Gasteiger partial charge in [0.05, 0.1) is 0 Å². The number of aryl methyl sites for hydroxylation is 1. The minimum absolute atomic E-state index is 0.311. The zero-order valence-electron chi connectivity index (χ0n) is 6.90. The molecule has 11 heavy (non-hydrogen) atoms. The molecule has 0 saturated heterocycles. The third-order valence-electron chi connectivity index (χ3n) is 1.61. The molecule has 1 aromatic heterocycles. The zero-order chi connectivity index (χ0) is 8.10. The molecule has 0 unspecified atom stereocenters. The van der Waals surface area contributed by atoms with E-state index in [2.05, 4.69) is 5.10 Å². The molecule has 1 atom stereocenters. The van der Waals surface area contributed by atoms with Crippen LogP contribution >= 0.6 is 0 Å². The fraction of sp³-hybridized carbons (Fsp3) is 0.625. The molecule has 0 spiro atoms. The van der Waals surface area contributed by atoms with Gasteiger partial charge in [0.25, 0.3) is 0 Å². The highest BCUT2D eigenvalue weighted by molar-refractivity contribution is 4.77. The second kappa shape index (κ2) is 4.13. The number of nitrogens with zero attached hydrogens (tertiary/aromatic N) is 2. The molecule has 0 aliphatic rings. The molecule has 0 amide bonds. The number of aromatic nitrogens is 2. The Hall–Kier alpha value is -0.830. The number of hydrogen-bond acceptors (Lipinski definition) is 2. The van der Waals surface area contributed by atoms with Crippen molar-refractivity contribution in [2.45, 2.75) is 32.4 Å². The summed E-state index contributed by atoms with van der Waals surface area (Å²) in [6, 6.07) is 2.25. The van der Waals surface area contributed by atoms with E-state index >= 15 is 0 Å². The third-order valence-corrected chi connectivity index (χ3v) is 1.61. The molecular weight excluding hydrogens is 138 g/mol. The Morgan fingerprint density at radius 2 is 2.45 bits per heavy atom. The van der Waals surface area contributed by atoms with Gasteiger partial charge in [0.2, 0.25) is 0 Å². The van der Waals surface area contributed by atoms with Gasteiger partial charge in [0, 0.05) is 25.0 Å². The van der Waals surface area contributed by atoms with Crippen LogP contribution in [0.4, 0.5) is 0 Å². The van der Waals surface area contributed by atoms with Crippen molar-refractivity contribution >= 4 is 0 Å². The molecule has 1 heterocycles. The van der Waals surface area contributed by atoms with Crippen LogP contribution in [0.2, 0.25) is 0 Å². The average Bonchev–Trinajstić information content (AvgIpc) is 2.39. The van der Waals surface area contributed by atoms with Gasteiger partial charge < -0.3 is 5.73 Å². The maximum Gasteiger partial charge on any atom is 0.0489 e. The van der Waals surface area contributed by atoms with E-state index < -0.39 is 0 Å². The van der Waals surface area contributed by atoms with E-state index in [9.17, 15) is 0 Å². The molecule has 0 bridgehead atoms. The second-order valence-corrected chi connectivity index (χ2v) is 2.89. The normalized spacial score (nSPS) is 13.3. The quantitative estimate of drug-likeness (QED) is 0.701. The molecule has 0 aliphatic heterocycles. The van der Waals surface area contributed by atoms with Crippen LogP contribution in [0.15, 0.2) is 18.5 Å². The van der Waals surface area contributed by atoms with E-state index in [0.29, 0.717) is 6.04 Å². The van der Waals surface area contributed by atoms with Gasteiger partial charge in [0.15, 0.2) is 0 Å². The smallest absolute Gasteiger partial charge is 0.0489 e. The molecule has 2 N–H and O–H groups in total. The minimum atomic E-state index is 0.311. The summed E-state index contributed by atoms with van der Waals surface area (Å²) in [4.78, 5) is 0. The average molecular weight is 153 g/mol. The summed E-state index contributed by atoms with van der Waals surface area (Å²) in [5.41, 5.74) is 5.60. The van der Waals surface area contributed by atoms with Crippen LogP contribution in [-0.4, -0.2) is 15.8 Å². The first-order valence-corrected chi connectivity index (χ1v) is 4.02. The predicted molar refractivity (Wildman–Crippen MR) is 45.1 cm³/mol. The van der Waals surface area contributed by atoms with Crippen molar-refractivity contribution in [2.24, 2.45) is 5.73 Å². The van der Waals surface area contributed by atoms with Crippen LogP contribution in [0.5, 0.6) is 0 Å². The SMILES string of the molecule is C[C@H](N)CCCn1cccn1. The van der Waals surface area contributed by atoms with Gasteiger partial charge in [-0.25, -0.2) is 0 Å². The topological polar surface area (TPSA) is 43.8 Å². The Balaban J connectivity index is 2.14. The highest BCUT2D eigenvalue weighted by atomic mass is 15.3. The standard InChI is InChI=1S/C8H15N3/c1-8(9)4-2-6-11-7-3-5-10-11/h3,5,7-8H,2,4,6,9H2,1H3/t8-/m0/s1. The summed E-state index contributed by atoms with van der Waals surface area (Å²) in [5, 5.41) is 4.09. The highest BCUT2D eigenvalue weighted by Crippen LogP contribution is 1.96. The summed E-state index contributed by atoms with van der Waals surface area (Å²) < 4.78 is 1.93. The molecule has 0 saturated carbocycles. The van der Waals surface area contributed by atoms with Crippen molar-refractivity contribution in [3.05, 3.63) is 18.5 Å². The summed E-state index contributed by atoms with van der Waals surface area (Å²) in [6.45, 7) is 3.01. The van der Waals surface area contributed by atoms with Crippen LogP contribution in [0.25, 0.3) is 0 Å². The van der Waals surface area contributed by atoms with Gasteiger partial charge in [-0.15, -0.1) is 0 Å². The van der Waals surface area contributed by atoms with Crippen LogP contribution < -0.4 is 5.73 Å². The first-order chi connectivity index (χ1) is 5.29. The largest absolute Gasteiger partial charge is 0.328 e. The number of hydrogen-bond donors (Lipinski definition) is 1. The Bertz CT molecular complexity index is 179. The first kappa shape index (κ1) is 8.27. The van der Waals surface area contributed by atoms with Crippen LogP contribution in [0.3, 0.4) is 0 Å². The van der Waals surface area contributed by atoms with E-state index in [1.165, 1.54) is 0 Å². The molecule has 0 radical (unpaired) electrons. The fourth-order valence-corrected chi connectivity index (χ4v) is 1.01. The third kappa shape index (κ3) is 3.18. The van der Waals surface area contributed by atoms with E-state index in [1.54, 1.807) is 6.20 Å². The van der Waals surface area contributed by atoms with Crippen LogP contribution in [0, 0.1) is 0 Å². The predicted octanol–water partition coefficient (Wildman–Crippen LogP) is 1.01. The summed E-state index contributed by atoms with van der Waals surface area (Å²) in [5.74, 6) is 0. The van der Waals surface area contributed by atoms with Crippen molar-refractivity contribution in [1.82, 2.24) is 9.78 Å². The van der Waals surface area contributed by atoms with E-state index in [1.807, 2.05) is 23.9 Å². The van der Waals surface area contributed by atoms with Crippen molar-refractivity contribution in [3.8, 4) is 0 Å². The van der Waals surface area contributed by atoms with E-state index in [4.69, 9.17) is 5.73 Å². The molecule has 62 valence electrons. The van der Waals surface area contributed by atoms with Crippen molar-refractivity contribution in [1.29, 1.82) is 0 Å².